The molecule has 2 aliphatic rings. The Morgan fingerprint density at radius 1 is 1.15 bits per heavy atom. The molecule has 1 aliphatic heterocycles. The van der Waals surface area contributed by atoms with Crippen molar-refractivity contribution in [2.45, 2.75) is 84.0 Å². The molecule has 0 radical (unpaired) electrons. The number of aliphatic hydroxyl groups excluding tert-OH is 2. The van der Waals surface area contributed by atoms with Crippen LogP contribution in [0, 0.1) is 5.82 Å². The van der Waals surface area contributed by atoms with Crippen LogP contribution in [0.5, 0.6) is 5.75 Å². The van der Waals surface area contributed by atoms with Gasteiger partial charge in [-0.2, -0.15) is 0 Å². The van der Waals surface area contributed by atoms with Gasteiger partial charge in [0.25, 0.3) is 0 Å². The SMILES string of the molecule is CC[C@@H](CO)NCCN[C@@H](CC)CO.CCc1cc(C(N)=S)ccn1.COc1c(N2CCNC(C)C2)c(F)cc2c(=O)c(C(=O)O)cn(C3CC3)c12. The fourth-order valence-corrected chi connectivity index (χ4v) is 6.04. The van der Waals surface area contributed by atoms with Crippen molar-refractivity contribution in [3.8, 4) is 5.75 Å². The molecule has 3 aromatic rings. The number of aliphatic hydroxyl groups is 2. The quantitative estimate of drug-likeness (QED) is 0.0890. The van der Waals surface area contributed by atoms with E-state index in [2.05, 4.69) is 20.9 Å². The first-order valence-electron chi connectivity index (χ1n) is 18.0. The van der Waals surface area contributed by atoms with Crippen molar-refractivity contribution >= 4 is 39.8 Å². The predicted molar refractivity (Wildman–Crippen MR) is 207 cm³/mol. The Kier molecular flexibility index (Phi) is 17.3. The molecule has 52 heavy (non-hydrogen) atoms. The number of hydrogen-bond acceptors (Lipinski definition) is 11. The summed E-state index contributed by atoms with van der Waals surface area (Å²) in [7, 11) is 1.45. The van der Waals surface area contributed by atoms with E-state index in [0.717, 1.165) is 69.1 Å². The number of nitrogens with one attached hydrogen (secondary N) is 3. The maximum Gasteiger partial charge on any atom is 0.341 e. The number of rotatable bonds is 15. The third kappa shape index (κ3) is 11.6. The number of carbonyl (C=O) groups is 1. The second-order valence-corrected chi connectivity index (χ2v) is 13.4. The van der Waals surface area contributed by atoms with E-state index < -0.39 is 17.2 Å². The molecule has 3 atom stereocenters. The number of anilines is 1. The van der Waals surface area contributed by atoms with Crippen molar-refractivity contribution in [2.24, 2.45) is 5.73 Å². The fourth-order valence-electron chi connectivity index (χ4n) is 5.91. The molecule has 288 valence electrons. The number of pyridine rings is 2. The molecule has 0 bridgehead atoms. The van der Waals surface area contributed by atoms with Gasteiger partial charge in [-0.05, 0) is 57.2 Å². The van der Waals surface area contributed by atoms with Gasteiger partial charge in [-0.25, -0.2) is 9.18 Å². The predicted octanol–water partition coefficient (Wildman–Crippen LogP) is 2.97. The molecule has 5 rings (SSSR count). The second kappa shape index (κ2) is 21.1. The fraction of sp³-hybridized carbons (Fsp3) is 0.568. The molecular formula is C37H56FN7O6S. The molecule has 1 unspecified atom stereocenters. The van der Waals surface area contributed by atoms with Gasteiger partial charge < -0.3 is 51.2 Å². The molecule has 0 amide bonds. The molecule has 13 nitrogen and oxygen atoms in total. The number of benzene rings is 1. The van der Waals surface area contributed by atoms with Gasteiger partial charge in [0.2, 0.25) is 5.43 Å². The summed E-state index contributed by atoms with van der Waals surface area (Å²) in [6.45, 7) is 12.1. The number of thiocarbonyl (C=S) groups is 1. The van der Waals surface area contributed by atoms with Crippen molar-refractivity contribution in [2.75, 3.05) is 57.9 Å². The molecule has 1 aliphatic carbocycles. The summed E-state index contributed by atoms with van der Waals surface area (Å²) in [4.78, 5) is 30.7. The smallest absolute Gasteiger partial charge is 0.341 e. The van der Waals surface area contributed by atoms with Crippen molar-refractivity contribution < 1.29 is 29.2 Å². The van der Waals surface area contributed by atoms with Gasteiger partial charge in [0.1, 0.15) is 16.2 Å². The molecule has 15 heteroatoms. The Balaban J connectivity index is 0.000000244. The minimum atomic E-state index is -1.31. The zero-order valence-electron chi connectivity index (χ0n) is 31.0. The Morgan fingerprint density at radius 2 is 1.79 bits per heavy atom. The topological polar surface area (TPSA) is 187 Å². The lowest BCUT2D eigenvalue weighted by Crippen LogP contribution is -2.49. The number of nitrogens with zero attached hydrogens (tertiary/aromatic N) is 3. The minimum Gasteiger partial charge on any atom is -0.492 e. The van der Waals surface area contributed by atoms with E-state index in [1.165, 1.54) is 13.3 Å². The third-order valence-electron chi connectivity index (χ3n) is 9.14. The Morgan fingerprint density at radius 3 is 2.27 bits per heavy atom. The van der Waals surface area contributed by atoms with E-state index in [-0.39, 0.29) is 48.3 Å². The van der Waals surface area contributed by atoms with Gasteiger partial charge in [0.15, 0.2) is 11.6 Å². The first-order valence-corrected chi connectivity index (χ1v) is 18.4. The van der Waals surface area contributed by atoms with Crippen LogP contribution >= 0.6 is 12.2 Å². The Hall–Kier alpha value is -3.73. The first kappa shape index (κ1) is 42.7. The van der Waals surface area contributed by atoms with E-state index in [1.54, 1.807) is 10.8 Å². The summed E-state index contributed by atoms with van der Waals surface area (Å²) in [6, 6.07) is 5.59. The molecule has 2 fully saturated rings. The van der Waals surface area contributed by atoms with Crippen molar-refractivity contribution in [3.05, 3.63) is 63.5 Å². The summed E-state index contributed by atoms with van der Waals surface area (Å²) < 4.78 is 22.5. The number of ether oxygens (including phenoxy) is 1. The van der Waals surface area contributed by atoms with Crippen LogP contribution in [-0.2, 0) is 6.42 Å². The van der Waals surface area contributed by atoms with Gasteiger partial charge in [-0.3, -0.25) is 9.78 Å². The summed E-state index contributed by atoms with van der Waals surface area (Å²) >= 11 is 4.82. The minimum absolute atomic E-state index is 0.0445. The maximum absolute atomic E-state index is 15.1. The van der Waals surface area contributed by atoms with E-state index in [9.17, 15) is 14.7 Å². The number of aromatic nitrogens is 2. The third-order valence-corrected chi connectivity index (χ3v) is 9.37. The number of piperazine rings is 1. The van der Waals surface area contributed by atoms with Crippen LogP contribution in [0.2, 0.25) is 0 Å². The van der Waals surface area contributed by atoms with Crippen molar-refractivity contribution in [1.82, 2.24) is 25.5 Å². The van der Waals surface area contributed by atoms with Crippen LogP contribution in [0.25, 0.3) is 10.9 Å². The highest BCUT2D eigenvalue weighted by Crippen LogP contribution is 2.43. The van der Waals surface area contributed by atoms with Crippen molar-refractivity contribution in [3.63, 3.8) is 0 Å². The molecule has 1 aromatic carbocycles. The summed E-state index contributed by atoms with van der Waals surface area (Å²) in [5.41, 5.74) is 7.12. The van der Waals surface area contributed by atoms with Crippen molar-refractivity contribution in [1.29, 1.82) is 0 Å². The highest BCUT2D eigenvalue weighted by Gasteiger charge is 2.32. The zero-order chi connectivity index (χ0) is 38.4. The van der Waals surface area contributed by atoms with Gasteiger partial charge in [-0.15, -0.1) is 0 Å². The van der Waals surface area contributed by atoms with Crippen LogP contribution < -0.4 is 36.7 Å². The van der Waals surface area contributed by atoms with Crippen LogP contribution in [0.3, 0.4) is 0 Å². The number of aromatic carboxylic acids is 1. The molecule has 1 saturated heterocycles. The zero-order valence-corrected chi connectivity index (χ0v) is 31.8. The maximum atomic E-state index is 15.1. The van der Waals surface area contributed by atoms with E-state index in [0.29, 0.717) is 35.0 Å². The van der Waals surface area contributed by atoms with Crippen LogP contribution in [0.1, 0.15) is 81.0 Å². The first-order chi connectivity index (χ1) is 24.9. The van der Waals surface area contributed by atoms with E-state index in [4.69, 9.17) is 32.9 Å². The number of hydrogen-bond donors (Lipinski definition) is 7. The Labute approximate surface area is 310 Å². The summed E-state index contributed by atoms with van der Waals surface area (Å²) in [5.74, 6) is -1.59. The number of carboxylic acids is 1. The second-order valence-electron chi connectivity index (χ2n) is 13.0. The highest BCUT2D eigenvalue weighted by atomic mass is 32.1. The van der Waals surface area contributed by atoms with E-state index in [1.807, 2.05) is 44.7 Å². The highest BCUT2D eigenvalue weighted by molar-refractivity contribution is 7.80. The average Bonchev–Trinajstić information content (AvgIpc) is 3.99. The molecule has 1 saturated carbocycles. The van der Waals surface area contributed by atoms with Crippen LogP contribution in [0.15, 0.2) is 35.4 Å². The average molecular weight is 746 g/mol. The number of fused-ring (bicyclic) bond motifs is 1. The number of methoxy groups -OCH3 is 1. The van der Waals surface area contributed by atoms with Gasteiger partial charge >= 0.3 is 5.97 Å². The van der Waals surface area contributed by atoms with Gasteiger partial charge in [0, 0.05) is 80.5 Å². The summed E-state index contributed by atoms with van der Waals surface area (Å²) in [6.07, 6.45) is 7.66. The Bertz CT molecular complexity index is 1670. The number of aryl methyl sites for hydroxylation is 1. The lowest BCUT2D eigenvalue weighted by atomic mass is 10.1. The monoisotopic (exact) mass is 745 g/mol. The van der Waals surface area contributed by atoms with Crippen LogP contribution in [-0.4, -0.2) is 107 Å². The lowest BCUT2D eigenvalue weighted by Gasteiger charge is -2.35. The molecular weight excluding hydrogens is 690 g/mol. The number of halogens is 1. The largest absolute Gasteiger partial charge is 0.492 e. The number of nitrogens with two attached hydrogens (primary N) is 1. The molecule has 0 spiro atoms. The molecule has 3 heterocycles. The standard InChI is InChI=1S/C19H22FN3O4.C10H24N2O2.C8H10N2S/c1-10-8-22(6-5-21-10)16-14(20)7-12-15(18(16)27-2)23(11-3-4-11)9-13(17(12)24)19(25)26;1-3-9(7-13)11-5-6-12-10(4-2)8-14;1-2-7-5-6(8(9)11)3-4-10-7/h7,9-11,21H,3-6,8H2,1-2H3,(H,25,26);9-14H,3-8H2,1-2H3;3-5H,2H2,1H3,(H2,9,11)/t;9-,10-;/m.0./s1. The molecule has 2 aromatic heterocycles. The van der Waals surface area contributed by atoms with E-state index >= 15 is 4.39 Å². The molecule has 8 N–H and O–H groups in total. The van der Waals surface area contributed by atoms with Gasteiger partial charge in [0.05, 0.1) is 31.2 Å². The van der Waals surface area contributed by atoms with Gasteiger partial charge in [-0.1, -0.05) is 33.0 Å². The normalized spacial score (nSPS) is 16.6. The van der Waals surface area contributed by atoms with Crippen LogP contribution in [0.4, 0.5) is 10.1 Å². The summed E-state index contributed by atoms with van der Waals surface area (Å²) in [5, 5.41) is 37.0. The lowest BCUT2D eigenvalue weighted by molar-refractivity contribution is 0.0694. The number of carboxylic acid groups (broad SMARTS) is 1.